The molecule has 0 spiro atoms. The lowest BCUT2D eigenvalue weighted by Gasteiger charge is -2.20. The number of benzene rings is 2. The van der Waals surface area contributed by atoms with Gasteiger partial charge in [-0.2, -0.15) is 5.10 Å². The molecule has 1 amide bonds. The quantitative estimate of drug-likeness (QED) is 0.602. The summed E-state index contributed by atoms with van der Waals surface area (Å²) in [5, 5.41) is 4.91. The minimum Gasteiger partial charge on any atom is -0.493 e. The standard InChI is InChI=1S/C22H22ClN3O4/c1-14-12-18(27)20(24-26(14)17-10-8-16(23)9-11-17)22(28)25(2)13-15-6-5-7-19(29-3)21(15)30-4/h5-12H,13H2,1-4H3. The van der Waals surface area contributed by atoms with Crippen molar-refractivity contribution in [3.05, 3.63) is 80.7 Å². The van der Waals surface area contributed by atoms with E-state index in [2.05, 4.69) is 5.10 Å². The van der Waals surface area contributed by atoms with Crippen LogP contribution in [0.2, 0.25) is 5.02 Å². The number of aryl methyl sites for hydroxylation is 1. The van der Waals surface area contributed by atoms with Crippen LogP contribution in [-0.4, -0.2) is 41.9 Å². The summed E-state index contributed by atoms with van der Waals surface area (Å²) in [6.45, 7) is 1.97. The van der Waals surface area contributed by atoms with Gasteiger partial charge in [-0.05, 0) is 37.3 Å². The van der Waals surface area contributed by atoms with E-state index >= 15 is 0 Å². The highest BCUT2D eigenvalue weighted by molar-refractivity contribution is 6.30. The van der Waals surface area contributed by atoms with Crippen molar-refractivity contribution in [3.8, 4) is 17.2 Å². The average molecular weight is 428 g/mol. The van der Waals surface area contributed by atoms with Crippen LogP contribution in [0, 0.1) is 6.92 Å². The summed E-state index contributed by atoms with van der Waals surface area (Å²) in [6, 6.07) is 13.8. The van der Waals surface area contributed by atoms with Gasteiger partial charge in [0, 0.05) is 35.9 Å². The smallest absolute Gasteiger partial charge is 0.278 e. The van der Waals surface area contributed by atoms with Gasteiger partial charge in [-0.3, -0.25) is 9.59 Å². The summed E-state index contributed by atoms with van der Waals surface area (Å²) in [6.07, 6.45) is 0. The molecule has 0 unspecified atom stereocenters. The molecule has 0 aliphatic heterocycles. The van der Waals surface area contributed by atoms with E-state index in [4.69, 9.17) is 21.1 Å². The lowest BCUT2D eigenvalue weighted by molar-refractivity contribution is 0.0774. The Hall–Kier alpha value is -3.32. The highest BCUT2D eigenvalue weighted by atomic mass is 35.5. The van der Waals surface area contributed by atoms with E-state index in [1.165, 1.54) is 18.1 Å². The fourth-order valence-electron chi connectivity index (χ4n) is 3.13. The summed E-state index contributed by atoms with van der Waals surface area (Å²) >= 11 is 5.95. The maximum Gasteiger partial charge on any atom is 0.278 e. The molecule has 1 aromatic heterocycles. The number of hydrogen-bond acceptors (Lipinski definition) is 5. The zero-order chi connectivity index (χ0) is 21.8. The minimum absolute atomic E-state index is 0.167. The molecular weight excluding hydrogens is 406 g/mol. The van der Waals surface area contributed by atoms with E-state index in [0.29, 0.717) is 27.9 Å². The second kappa shape index (κ2) is 9.00. The van der Waals surface area contributed by atoms with Gasteiger partial charge in [0.2, 0.25) is 5.43 Å². The first-order chi connectivity index (χ1) is 14.3. The third-order valence-electron chi connectivity index (χ3n) is 4.62. The van der Waals surface area contributed by atoms with Gasteiger partial charge >= 0.3 is 0 Å². The molecule has 0 aliphatic carbocycles. The number of carbonyl (C=O) groups is 1. The molecule has 0 saturated heterocycles. The number of amides is 1. The van der Waals surface area contributed by atoms with Gasteiger partial charge in [0.05, 0.1) is 19.9 Å². The van der Waals surface area contributed by atoms with Crippen LogP contribution in [0.25, 0.3) is 5.69 Å². The zero-order valence-corrected chi connectivity index (χ0v) is 17.9. The second-order valence-corrected chi connectivity index (χ2v) is 7.14. The van der Waals surface area contributed by atoms with Gasteiger partial charge in [0.1, 0.15) is 0 Å². The molecule has 156 valence electrons. The maximum atomic E-state index is 13.0. The van der Waals surface area contributed by atoms with E-state index < -0.39 is 11.3 Å². The number of ether oxygens (including phenoxy) is 2. The number of nitrogens with zero attached hydrogens (tertiary/aromatic N) is 3. The Morgan fingerprint density at radius 2 is 1.83 bits per heavy atom. The normalized spacial score (nSPS) is 10.6. The Labute approximate surface area is 179 Å². The Morgan fingerprint density at radius 1 is 1.13 bits per heavy atom. The molecule has 0 aliphatic rings. The Balaban J connectivity index is 1.94. The molecule has 0 saturated carbocycles. The van der Waals surface area contributed by atoms with Gasteiger partial charge in [0.15, 0.2) is 17.2 Å². The van der Waals surface area contributed by atoms with Crippen LogP contribution in [0.5, 0.6) is 11.5 Å². The van der Waals surface area contributed by atoms with Crippen LogP contribution >= 0.6 is 11.6 Å². The molecule has 3 aromatic rings. The summed E-state index contributed by atoms with van der Waals surface area (Å²) in [5.41, 5.74) is 1.45. The van der Waals surface area contributed by atoms with E-state index in [1.54, 1.807) is 56.1 Å². The molecule has 1 heterocycles. The molecule has 7 nitrogen and oxygen atoms in total. The molecule has 0 atom stereocenters. The number of halogens is 1. The highest BCUT2D eigenvalue weighted by Crippen LogP contribution is 2.31. The number of rotatable bonds is 6. The molecule has 0 radical (unpaired) electrons. The van der Waals surface area contributed by atoms with Crippen LogP contribution in [0.1, 0.15) is 21.7 Å². The average Bonchev–Trinajstić information content (AvgIpc) is 2.74. The third-order valence-corrected chi connectivity index (χ3v) is 4.87. The Bertz CT molecular complexity index is 1130. The van der Waals surface area contributed by atoms with Gasteiger partial charge < -0.3 is 14.4 Å². The zero-order valence-electron chi connectivity index (χ0n) is 17.2. The largest absolute Gasteiger partial charge is 0.493 e. The van der Waals surface area contributed by atoms with Crippen LogP contribution in [-0.2, 0) is 6.54 Å². The third kappa shape index (κ3) is 4.31. The first-order valence-electron chi connectivity index (χ1n) is 9.18. The van der Waals surface area contributed by atoms with E-state index in [1.807, 2.05) is 12.1 Å². The molecule has 30 heavy (non-hydrogen) atoms. The Kier molecular flexibility index (Phi) is 6.42. The summed E-state index contributed by atoms with van der Waals surface area (Å²) in [7, 11) is 4.69. The van der Waals surface area contributed by atoms with Crippen molar-refractivity contribution in [2.75, 3.05) is 21.3 Å². The van der Waals surface area contributed by atoms with Crippen molar-refractivity contribution in [2.45, 2.75) is 13.5 Å². The fraction of sp³-hybridized carbons (Fsp3) is 0.227. The molecule has 3 rings (SSSR count). The monoisotopic (exact) mass is 427 g/mol. The lowest BCUT2D eigenvalue weighted by Crippen LogP contribution is -2.33. The predicted molar refractivity (Wildman–Crippen MR) is 115 cm³/mol. The maximum absolute atomic E-state index is 13.0. The highest BCUT2D eigenvalue weighted by Gasteiger charge is 2.21. The van der Waals surface area contributed by atoms with E-state index in [9.17, 15) is 9.59 Å². The summed E-state index contributed by atoms with van der Waals surface area (Å²) in [5.74, 6) is 0.608. The van der Waals surface area contributed by atoms with E-state index in [0.717, 1.165) is 5.56 Å². The van der Waals surface area contributed by atoms with Gasteiger partial charge in [-0.25, -0.2) is 4.68 Å². The number of hydrogen-bond donors (Lipinski definition) is 0. The molecule has 0 bridgehead atoms. The van der Waals surface area contributed by atoms with Crippen LogP contribution in [0.15, 0.2) is 53.3 Å². The van der Waals surface area contributed by atoms with Crippen molar-refractivity contribution >= 4 is 17.5 Å². The summed E-state index contributed by atoms with van der Waals surface area (Å²) < 4.78 is 12.3. The predicted octanol–water partition coefficient (Wildman–Crippen LogP) is 3.48. The van der Waals surface area contributed by atoms with Crippen molar-refractivity contribution in [3.63, 3.8) is 0 Å². The van der Waals surface area contributed by atoms with Crippen molar-refractivity contribution < 1.29 is 14.3 Å². The number of methoxy groups -OCH3 is 2. The van der Waals surface area contributed by atoms with Crippen LogP contribution < -0.4 is 14.9 Å². The first kappa shape index (κ1) is 21.4. The van der Waals surface area contributed by atoms with Gasteiger partial charge in [0.25, 0.3) is 5.91 Å². The van der Waals surface area contributed by atoms with Gasteiger partial charge in [-0.1, -0.05) is 23.7 Å². The molecule has 8 heteroatoms. The van der Waals surface area contributed by atoms with Crippen LogP contribution in [0.3, 0.4) is 0 Å². The minimum atomic E-state index is -0.493. The summed E-state index contributed by atoms with van der Waals surface area (Å²) in [4.78, 5) is 27.0. The Morgan fingerprint density at radius 3 is 2.47 bits per heavy atom. The van der Waals surface area contributed by atoms with Crippen molar-refractivity contribution in [2.24, 2.45) is 0 Å². The molecular formula is C22H22ClN3O4. The first-order valence-corrected chi connectivity index (χ1v) is 9.55. The number of aromatic nitrogens is 2. The molecule has 2 aromatic carbocycles. The fourth-order valence-corrected chi connectivity index (χ4v) is 3.25. The van der Waals surface area contributed by atoms with Gasteiger partial charge in [-0.15, -0.1) is 0 Å². The lowest BCUT2D eigenvalue weighted by atomic mass is 10.1. The van der Waals surface area contributed by atoms with Crippen molar-refractivity contribution in [1.29, 1.82) is 0 Å². The van der Waals surface area contributed by atoms with Crippen LogP contribution in [0.4, 0.5) is 0 Å². The topological polar surface area (TPSA) is 73.7 Å². The second-order valence-electron chi connectivity index (χ2n) is 6.70. The number of carbonyl (C=O) groups excluding carboxylic acids is 1. The molecule has 0 fully saturated rings. The van der Waals surface area contributed by atoms with Crippen molar-refractivity contribution in [1.82, 2.24) is 14.7 Å². The number of para-hydroxylation sites is 1. The van der Waals surface area contributed by atoms with E-state index in [-0.39, 0.29) is 12.2 Å². The SMILES string of the molecule is COc1cccc(CN(C)C(=O)c2nn(-c3ccc(Cl)cc3)c(C)cc2=O)c1OC. The molecule has 0 N–H and O–H groups in total.